The second kappa shape index (κ2) is 4.09. The summed E-state index contributed by atoms with van der Waals surface area (Å²) in [5.41, 5.74) is 0.495. The van der Waals surface area contributed by atoms with Crippen LogP contribution in [0.5, 0.6) is 0 Å². The monoisotopic (exact) mass is 222 g/mol. The highest BCUT2D eigenvalue weighted by molar-refractivity contribution is 5.94. The zero-order chi connectivity index (χ0) is 11.7. The minimum atomic E-state index is -0.464. The number of nitrogens with zero attached hydrogens (tertiary/aromatic N) is 1. The number of β-amino-alcohol motifs (C(OH)–C–C–N with tert-alkyl or cyclic N) is 1. The molecule has 86 valence electrons. The van der Waals surface area contributed by atoms with E-state index in [2.05, 4.69) is 4.98 Å². The summed E-state index contributed by atoms with van der Waals surface area (Å²) in [6.45, 7) is 2.58. The Morgan fingerprint density at radius 2 is 2.31 bits per heavy atom. The Labute approximate surface area is 92.7 Å². The number of aryl methyl sites for hydroxylation is 1. The fraction of sp³-hybridized carbons (Fsp3) is 0.455. The van der Waals surface area contributed by atoms with Gasteiger partial charge in [0.2, 0.25) is 0 Å². The molecular weight excluding hydrogens is 208 g/mol. The third-order valence-corrected chi connectivity index (χ3v) is 2.74. The van der Waals surface area contributed by atoms with Gasteiger partial charge in [0, 0.05) is 18.8 Å². The Morgan fingerprint density at radius 1 is 1.56 bits per heavy atom. The van der Waals surface area contributed by atoms with E-state index in [1.807, 2.05) is 0 Å². The van der Waals surface area contributed by atoms with Crippen LogP contribution in [-0.2, 0) is 0 Å². The second-order valence-corrected chi connectivity index (χ2v) is 4.08. The highest BCUT2D eigenvalue weighted by atomic mass is 16.3. The minimum Gasteiger partial charge on any atom is -0.391 e. The van der Waals surface area contributed by atoms with Crippen LogP contribution in [0.25, 0.3) is 0 Å². The van der Waals surface area contributed by atoms with E-state index in [0.717, 1.165) is 5.69 Å². The number of rotatable bonds is 1. The van der Waals surface area contributed by atoms with Gasteiger partial charge in [0.05, 0.1) is 6.10 Å². The molecule has 0 unspecified atom stereocenters. The predicted molar refractivity (Wildman–Crippen MR) is 58.3 cm³/mol. The average Bonchev–Trinajstić information content (AvgIpc) is 2.64. The summed E-state index contributed by atoms with van der Waals surface area (Å²) in [4.78, 5) is 27.6. The minimum absolute atomic E-state index is 0.139. The van der Waals surface area contributed by atoms with Crippen molar-refractivity contribution in [3.05, 3.63) is 33.7 Å². The maximum Gasteiger partial charge on any atom is 0.260 e. The molecule has 0 spiro atoms. The number of aromatic amines is 1. The summed E-state index contributed by atoms with van der Waals surface area (Å²) in [6, 6.07) is 3.22. The Bertz CT molecular complexity index is 467. The van der Waals surface area contributed by atoms with Gasteiger partial charge in [-0.25, -0.2) is 0 Å². The number of aliphatic hydroxyl groups excluding tert-OH is 1. The molecule has 5 nitrogen and oxygen atoms in total. The quantitative estimate of drug-likeness (QED) is 0.696. The van der Waals surface area contributed by atoms with Crippen molar-refractivity contribution in [3.8, 4) is 0 Å². The number of nitrogens with one attached hydrogen (secondary N) is 1. The van der Waals surface area contributed by atoms with Crippen molar-refractivity contribution in [2.45, 2.75) is 19.4 Å². The molecule has 0 bridgehead atoms. The number of carbonyl (C=O) groups is 1. The van der Waals surface area contributed by atoms with Gasteiger partial charge in [0.15, 0.2) is 0 Å². The Morgan fingerprint density at radius 3 is 2.88 bits per heavy atom. The van der Waals surface area contributed by atoms with Gasteiger partial charge in [0.25, 0.3) is 11.5 Å². The van der Waals surface area contributed by atoms with Gasteiger partial charge in [-0.05, 0) is 25.5 Å². The molecule has 1 saturated heterocycles. The van der Waals surface area contributed by atoms with Crippen molar-refractivity contribution >= 4 is 5.91 Å². The molecule has 0 radical (unpaired) electrons. The fourth-order valence-corrected chi connectivity index (χ4v) is 1.84. The van der Waals surface area contributed by atoms with Crippen LogP contribution in [0, 0.1) is 6.92 Å². The SMILES string of the molecule is Cc1ccc(C(=O)N2CC[C@H](O)C2)c(=O)[nH]1. The van der Waals surface area contributed by atoms with Crippen LogP contribution in [0.2, 0.25) is 0 Å². The molecule has 1 fully saturated rings. The maximum atomic E-state index is 11.9. The van der Waals surface area contributed by atoms with E-state index < -0.39 is 6.10 Å². The third-order valence-electron chi connectivity index (χ3n) is 2.74. The smallest absolute Gasteiger partial charge is 0.260 e. The Kier molecular flexibility index (Phi) is 2.78. The molecule has 1 aliphatic heterocycles. The molecule has 0 saturated carbocycles. The summed E-state index contributed by atoms with van der Waals surface area (Å²) in [5.74, 6) is -0.308. The van der Waals surface area contributed by atoms with Gasteiger partial charge in [0.1, 0.15) is 5.56 Å². The molecule has 2 heterocycles. The van der Waals surface area contributed by atoms with E-state index in [-0.39, 0.29) is 17.0 Å². The van der Waals surface area contributed by atoms with Crippen molar-refractivity contribution in [1.82, 2.24) is 9.88 Å². The number of H-pyrrole nitrogens is 1. The topological polar surface area (TPSA) is 73.4 Å². The van der Waals surface area contributed by atoms with Gasteiger partial charge in [-0.2, -0.15) is 0 Å². The molecule has 1 atom stereocenters. The van der Waals surface area contributed by atoms with Crippen LogP contribution >= 0.6 is 0 Å². The van der Waals surface area contributed by atoms with Crippen molar-refractivity contribution in [2.24, 2.45) is 0 Å². The van der Waals surface area contributed by atoms with Gasteiger partial charge >= 0.3 is 0 Å². The number of aromatic nitrogens is 1. The molecule has 0 aromatic carbocycles. The molecule has 2 N–H and O–H groups in total. The summed E-state index contributed by atoms with van der Waals surface area (Å²) in [6.07, 6.45) is 0.115. The van der Waals surface area contributed by atoms with Crippen LogP contribution in [0.4, 0.5) is 0 Å². The molecule has 1 aromatic rings. The van der Waals surface area contributed by atoms with Crippen molar-refractivity contribution in [3.63, 3.8) is 0 Å². The van der Waals surface area contributed by atoms with Crippen molar-refractivity contribution < 1.29 is 9.90 Å². The predicted octanol–water partition coefficient (Wildman–Crippen LogP) is -0.110. The van der Waals surface area contributed by atoms with Crippen LogP contribution in [0.3, 0.4) is 0 Å². The van der Waals surface area contributed by atoms with Crippen molar-refractivity contribution in [2.75, 3.05) is 13.1 Å². The molecule has 1 amide bonds. The highest BCUT2D eigenvalue weighted by Crippen LogP contribution is 2.11. The van der Waals surface area contributed by atoms with Gasteiger partial charge in [-0.3, -0.25) is 9.59 Å². The normalized spacial score (nSPS) is 20.1. The summed E-state index contributed by atoms with van der Waals surface area (Å²) in [5, 5.41) is 9.33. The molecule has 5 heteroatoms. The van der Waals surface area contributed by atoms with Gasteiger partial charge < -0.3 is 15.0 Å². The molecule has 1 aromatic heterocycles. The van der Waals surface area contributed by atoms with Crippen LogP contribution < -0.4 is 5.56 Å². The highest BCUT2D eigenvalue weighted by Gasteiger charge is 2.26. The Hall–Kier alpha value is -1.62. The lowest BCUT2D eigenvalue weighted by Gasteiger charge is -2.14. The fourth-order valence-electron chi connectivity index (χ4n) is 1.84. The first-order valence-electron chi connectivity index (χ1n) is 5.25. The molecule has 16 heavy (non-hydrogen) atoms. The first kappa shape index (κ1) is 10.9. The first-order valence-corrected chi connectivity index (χ1v) is 5.25. The van der Waals surface area contributed by atoms with Crippen LogP contribution in [-0.4, -0.2) is 40.1 Å². The number of likely N-dealkylation sites (tertiary alicyclic amines) is 1. The molecular formula is C11H14N2O3. The number of hydrogen-bond acceptors (Lipinski definition) is 3. The number of carbonyl (C=O) groups excluding carboxylic acids is 1. The van der Waals surface area contributed by atoms with Gasteiger partial charge in [-0.1, -0.05) is 0 Å². The summed E-state index contributed by atoms with van der Waals surface area (Å²) in [7, 11) is 0. The zero-order valence-electron chi connectivity index (χ0n) is 9.06. The molecule has 2 rings (SSSR count). The second-order valence-electron chi connectivity index (χ2n) is 4.08. The number of pyridine rings is 1. The lowest BCUT2D eigenvalue weighted by atomic mass is 10.2. The number of hydrogen-bond donors (Lipinski definition) is 2. The summed E-state index contributed by atoms with van der Waals surface area (Å²) >= 11 is 0. The standard InChI is InChI=1S/C11H14N2O3/c1-7-2-3-9(10(15)12-7)11(16)13-5-4-8(14)6-13/h2-3,8,14H,4-6H2,1H3,(H,12,15)/t8-/m0/s1. The Balaban J connectivity index is 2.24. The van der Waals surface area contributed by atoms with E-state index in [1.165, 1.54) is 11.0 Å². The lowest BCUT2D eigenvalue weighted by Crippen LogP contribution is -2.33. The maximum absolute atomic E-state index is 11.9. The van der Waals surface area contributed by atoms with Crippen LogP contribution in [0.15, 0.2) is 16.9 Å². The lowest BCUT2D eigenvalue weighted by molar-refractivity contribution is 0.0763. The average molecular weight is 222 g/mol. The van der Waals surface area contributed by atoms with E-state index in [1.54, 1.807) is 13.0 Å². The number of aliphatic hydroxyl groups is 1. The van der Waals surface area contributed by atoms with E-state index >= 15 is 0 Å². The first-order chi connectivity index (χ1) is 7.58. The zero-order valence-corrected chi connectivity index (χ0v) is 9.06. The molecule has 1 aliphatic rings. The van der Waals surface area contributed by atoms with Crippen LogP contribution in [0.1, 0.15) is 22.5 Å². The largest absolute Gasteiger partial charge is 0.391 e. The van der Waals surface area contributed by atoms with E-state index in [4.69, 9.17) is 0 Å². The van der Waals surface area contributed by atoms with Gasteiger partial charge in [-0.15, -0.1) is 0 Å². The molecule has 0 aliphatic carbocycles. The van der Waals surface area contributed by atoms with Crippen molar-refractivity contribution in [1.29, 1.82) is 0 Å². The third kappa shape index (κ3) is 1.99. The van der Waals surface area contributed by atoms with E-state index in [9.17, 15) is 14.7 Å². The summed E-state index contributed by atoms with van der Waals surface area (Å²) < 4.78 is 0. The van der Waals surface area contributed by atoms with E-state index in [0.29, 0.717) is 19.5 Å². The number of amides is 1.